The van der Waals surface area contributed by atoms with E-state index < -0.39 is 0 Å². The van der Waals surface area contributed by atoms with Crippen molar-refractivity contribution >= 4 is 41.7 Å². The number of ketones is 1. The van der Waals surface area contributed by atoms with Crippen molar-refractivity contribution in [1.82, 2.24) is 14.7 Å². The van der Waals surface area contributed by atoms with Gasteiger partial charge in [-0.1, -0.05) is 74.3 Å². The molecule has 1 atom stereocenters. The third kappa shape index (κ3) is 11.2. The van der Waals surface area contributed by atoms with E-state index in [4.69, 9.17) is 27.9 Å². The molecular weight excluding hydrogens is 631 g/mol. The molecule has 0 aromatic heterocycles. The van der Waals surface area contributed by atoms with E-state index >= 15 is 0 Å². The summed E-state index contributed by atoms with van der Waals surface area (Å²) < 4.78 is 5.86. The summed E-state index contributed by atoms with van der Waals surface area (Å²) in [5.74, 6) is 1.01. The van der Waals surface area contributed by atoms with Crippen LogP contribution in [0.4, 0.5) is 4.79 Å². The molecule has 7 nitrogen and oxygen atoms in total. The zero-order valence-electron chi connectivity index (χ0n) is 29.2. The number of hydrogen-bond acceptors (Lipinski definition) is 5. The second-order valence-electron chi connectivity index (χ2n) is 13.6. The highest BCUT2D eigenvalue weighted by atomic mass is 35.5. The smallest absolute Gasteiger partial charge is 0.320 e. The predicted octanol–water partition coefficient (Wildman–Crippen LogP) is 8.63. The van der Waals surface area contributed by atoms with Crippen molar-refractivity contribution in [3.05, 3.63) is 86.9 Å². The molecule has 0 unspecified atom stereocenters. The molecular formula is C38H52Cl2N4O3. The van der Waals surface area contributed by atoms with E-state index in [0.29, 0.717) is 32.8 Å². The number of Topliss-reactive ketones (excluding diaryl/α,β-unsaturated/α-hetero) is 1. The highest BCUT2D eigenvalue weighted by Gasteiger charge is 2.28. The van der Waals surface area contributed by atoms with Gasteiger partial charge in [-0.3, -0.25) is 14.7 Å². The topological polar surface area (TPSA) is 65.5 Å². The third-order valence-corrected chi connectivity index (χ3v) is 9.29. The predicted molar refractivity (Wildman–Crippen MR) is 196 cm³/mol. The summed E-state index contributed by atoms with van der Waals surface area (Å²) in [6, 6.07) is 14.1. The summed E-state index contributed by atoms with van der Waals surface area (Å²) in [5.41, 5.74) is 4.28. The first kappa shape index (κ1) is 38.3. The number of piperazine rings is 1. The molecule has 1 aliphatic heterocycles. The van der Waals surface area contributed by atoms with Crippen LogP contribution in [0.2, 0.25) is 5.02 Å². The second-order valence-corrected chi connectivity index (χ2v) is 14.5. The number of ether oxygens (including phenoxy) is 1. The maximum Gasteiger partial charge on any atom is 0.320 e. The lowest BCUT2D eigenvalue weighted by Crippen LogP contribution is -2.52. The molecule has 0 radical (unpaired) electrons. The third-order valence-electron chi connectivity index (χ3n) is 8.64. The number of carbonyl (C=O) groups excluding carboxylic acids is 2. The minimum absolute atomic E-state index is 0.0184. The van der Waals surface area contributed by atoms with Crippen molar-refractivity contribution in [2.75, 3.05) is 46.4 Å². The molecule has 0 N–H and O–H groups in total. The van der Waals surface area contributed by atoms with Gasteiger partial charge < -0.3 is 14.5 Å². The average Bonchev–Trinajstić information content (AvgIpc) is 3.03. The molecule has 2 aromatic carbocycles. The van der Waals surface area contributed by atoms with Crippen molar-refractivity contribution < 1.29 is 14.3 Å². The molecule has 4 rings (SSSR count). The van der Waals surface area contributed by atoms with E-state index in [1.807, 2.05) is 49.2 Å². The van der Waals surface area contributed by atoms with Gasteiger partial charge in [0, 0.05) is 48.8 Å². The Labute approximate surface area is 292 Å². The Morgan fingerprint density at radius 3 is 2.19 bits per heavy atom. The van der Waals surface area contributed by atoms with Crippen LogP contribution in [-0.4, -0.2) is 79.6 Å². The number of carbonyl (C=O) groups is 2. The first-order chi connectivity index (χ1) is 22.2. The Kier molecular flexibility index (Phi) is 14.1. The summed E-state index contributed by atoms with van der Waals surface area (Å²) in [5, 5.41) is 1.57. The first-order valence-electron chi connectivity index (χ1n) is 16.4. The fraction of sp³-hybridized carbons (Fsp3) is 0.500. The second kappa shape index (κ2) is 17.3. The zero-order valence-corrected chi connectivity index (χ0v) is 30.8. The number of nitrogens with zero attached hydrogens (tertiary/aromatic N) is 4. The molecule has 2 aliphatic rings. The Morgan fingerprint density at radius 1 is 1.00 bits per heavy atom. The number of halogens is 2. The standard InChI is InChI=1S/C22H35N3O3.C16H17Cl2N/c1-7-28-20-14-19(22(3,4)5)9-8-18(20)16-23(6)21(27)25-12-10-24(11-13-25)15-17(2)26;1-16(19-2,13-7-9-14(17)10-8-13)11-12-5-3-4-6-15(12)18/h8-9,14H,7,10-13,15-16H2,1-6H3;4,6-10H,2-3,5,11H2,1H3/t;16-/m.1/s1. The lowest BCUT2D eigenvalue weighted by molar-refractivity contribution is -0.118. The largest absolute Gasteiger partial charge is 0.494 e. The molecule has 0 saturated carbocycles. The molecule has 1 fully saturated rings. The van der Waals surface area contributed by atoms with Gasteiger partial charge >= 0.3 is 6.03 Å². The summed E-state index contributed by atoms with van der Waals surface area (Å²) >= 11 is 12.2. The van der Waals surface area contributed by atoms with E-state index in [1.165, 1.54) is 11.1 Å². The Balaban J connectivity index is 0.000000274. The van der Waals surface area contributed by atoms with Crippen LogP contribution >= 0.6 is 23.2 Å². The van der Waals surface area contributed by atoms with Crippen LogP contribution in [-0.2, 0) is 22.3 Å². The molecule has 2 aromatic rings. The molecule has 256 valence electrons. The maximum atomic E-state index is 12.9. The fourth-order valence-electron chi connectivity index (χ4n) is 5.75. The van der Waals surface area contributed by atoms with E-state index in [2.05, 4.69) is 68.6 Å². The molecule has 47 heavy (non-hydrogen) atoms. The lowest BCUT2D eigenvalue weighted by Gasteiger charge is -2.36. The van der Waals surface area contributed by atoms with Gasteiger partial charge in [-0.2, -0.15) is 0 Å². The highest BCUT2D eigenvalue weighted by Crippen LogP contribution is 2.37. The first-order valence-corrected chi connectivity index (χ1v) is 17.2. The van der Waals surface area contributed by atoms with Crippen molar-refractivity contribution in [3.8, 4) is 5.75 Å². The van der Waals surface area contributed by atoms with Gasteiger partial charge in [0.1, 0.15) is 11.5 Å². The average molecular weight is 684 g/mol. The zero-order chi connectivity index (χ0) is 34.8. The van der Waals surface area contributed by atoms with E-state index in [0.717, 1.165) is 59.3 Å². The Bertz CT molecular complexity index is 1440. The van der Waals surface area contributed by atoms with Crippen molar-refractivity contribution in [2.45, 2.75) is 78.3 Å². The van der Waals surface area contributed by atoms with Crippen LogP contribution in [0, 0.1) is 0 Å². The Morgan fingerprint density at radius 2 is 1.64 bits per heavy atom. The fourth-order valence-corrected chi connectivity index (χ4v) is 6.12. The van der Waals surface area contributed by atoms with Gasteiger partial charge in [0.05, 0.1) is 25.2 Å². The maximum absolute atomic E-state index is 12.9. The lowest BCUT2D eigenvalue weighted by atomic mass is 9.84. The van der Waals surface area contributed by atoms with Gasteiger partial charge in [0.2, 0.25) is 0 Å². The molecule has 1 heterocycles. The molecule has 1 saturated heterocycles. The number of hydrogen-bond donors (Lipinski definition) is 0. The quantitative estimate of drug-likeness (QED) is 0.235. The van der Waals surface area contributed by atoms with Gasteiger partial charge in [-0.15, -0.1) is 0 Å². The van der Waals surface area contributed by atoms with Gasteiger partial charge in [-0.25, -0.2) is 4.79 Å². The summed E-state index contributed by atoms with van der Waals surface area (Å²) in [6.45, 7) is 20.3. The molecule has 1 aliphatic carbocycles. The number of aliphatic imine (C=N–C) groups is 1. The van der Waals surface area contributed by atoms with Crippen LogP contribution in [0.1, 0.15) is 77.5 Å². The molecule has 0 bridgehead atoms. The number of rotatable bonds is 10. The van der Waals surface area contributed by atoms with Crippen molar-refractivity contribution in [2.24, 2.45) is 4.99 Å². The number of amides is 2. The minimum atomic E-state index is -0.356. The van der Waals surface area contributed by atoms with Crippen LogP contribution in [0.25, 0.3) is 0 Å². The summed E-state index contributed by atoms with van der Waals surface area (Å²) in [4.78, 5) is 34.2. The number of urea groups is 1. The van der Waals surface area contributed by atoms with Gasteiger partial charge in [0.15, 0.2) is 0 Å². The van der Waals surface area contributed by atoms with E-state index in [-0.39, 0.29) is 22.8 Å². The van der Waals surface area contributed by atoms with E-state index in [9.17, 15) is 9.59 Å². The van der Waals surface area contributed by atoms with Crippen molar-refractivity contribution in [1.29, 1.82) is 0 Å². The minimum Gasteiger partial charge on any atom is -0.494 e. The van der Waals surface area contributed by atoms with Crippen molar-refractivity contribution in [3.63, 3.8) is 0 Å². The normalized spacial score (nSPS) is 16.6. The van der Waals surface area contributed by atoms with Crippen LogP contribution in [0.15, 0.2) is 70.2 Å². The monoisotopic (exact) mass is 682 g/mol. The molecule has 2 amide bonds. The van der Waals surface area contributed by atoms with Crippen LogP contribution in [0.5, 0.6) is 5.75 Å². The number of allylic oxidation sites excluding steroid dienone is 3. The molecule has 0 spiro atoms. The number of benzene rings is 2. The van der Waals surface area contributed by atoms with Crippen LogP contribution in [0.3, 0.4) is 0 Å². The van der Waals surface area contributed by atoms with E-state index in [1.54, 1.807) is 11.8 Å². The van der Waals surface area contributed by atoms with Crippen LogP contribution < -0.4 is 4.74 Å². The summed E-state index contributed by atoms with van der Waals surface area (Å²) in [7, 11) is 1.83. The highest BCUT2D eigenvalue weighted by molar-refractivity contribution is 6.31. The van der Waals surface area contributed by atoms with Gasteiger partial charge in [0.25, 0.3) is 0 Å². The summed E-state index contributed by atoms with van der Waals surface area (Å²) in [6.07, 6.45) is 6.91. The Hall–Kier alpha value is -3.13. The molecule has 9 heteroatoms. The SMILES string of the molecule is C=N[C@](C)(CC1=C(Cl)C=CCC1)c1ccc(Cl)cc1.CCOc1cc(C(C)(C)C)ccc1CN(C)C(=O)N1CCN(CC(C)=O)CC1. The van der Waals surface area contributed by atoms with Gasteiger partial charge in [-0.05, 0) is 93.1 Å².